The van der Waals surface area contributed by atoms with Gasteiger partial charge in [0.1, 0.15) is 0 Å². The van der Waals surface area contributed by atoms with Gasteiger partial charge in [-0.25, -0.2) is 4.68 Å². The van der Waals surface area contributed by atoms with Gasteiger partial charge in [0.25, 0.3) is 5.56 Å². The third-order valence-corrected chi connectivity index (χ3v) is 4.19. The van der Waals surface area contributed by atoms with Gasteiger partial charge in [0, 0.05) is 25.7 Å². The summed E-state index contributed by atoms with van der Waals surface area (Å²) in [7, 11) is 0. The summed E-state index contributed by atoms with van der Waals surface area (Å²) in [6.07, 6.45) is 5.30. The molecule has 1 aromatic heterocycles. The molecule has 0 aromatic carbocycles. The largest absolute Gasteiger partial charge is 0.371 e. The smallest absolute Gasteiger partial charge is 0.268 e. The minimum atomic E-state index is 0.0170. The van der Waals surface area contributed by atoms with E-state index in [9.17, 15) is 4.79 Å². The first kappa shape index (κ1) is 15.0. The molecule has 0 aliphatic carbocycles. The molecule has 5 heteroatoms. The number of hydrogen-bond acceptors (Lipinski definition) is 4. The molecule has 0 atom stereocenters. The zero-order valence-electron chi connectivity index (χ0n) is 12.6. The average Bonchev–Trinajstić information content (AvgIpc) is 2.49. The van der Waals surface area contributed by atoms with Crippen molar-refractivity contribution in [2.24, 2.45) is 5.92 Å². The Morgan fingerprint density at radius 2 is 2.05 bits per heavy atom. The van der Waals surface area contributed by atoms with Crippen molar-refractivity contribution in [3.8, 4) is 0 Å². The first-order chi connectivity index (χ1) is 9.74. The van der Waals surface area contributed by atoms with E-state index in [2.05, 4.69) is 29.2 Å². The standard InChI is InChI=1S/C15H26N4O/c1-3-18(4-2)14-11-15(20)19(17-12-14)10-7-13-5-8-16-9-6-13/h11-13,16H,3-10H2,1-2H3. The number of nitrogens with one attached hydrogen (secondary N) is 1. The second kappa shape index (κ2) is 7.43. The van der Waals surface area contributed by atoms with E-state index in [1.165, 1.54) is 12.8 Å². The highest BCUT2D eigenvalue weighted by molar-refractivity contribution is 5.42. The maximum absolute atomic E-state index is 12.1. The van der Waals surface area contributed by atoms with Crippen molar-refractivity contribution in [1.82, 2.24) is 15.1 Å². The van der Waals surface area contributed by atoms with Crippen molar-refractivity contribution in [2.45, 2.75) is 39.7 Å². The van der Waals surface area contributed by atoms with Crippen LogP contribution in [0.5, 0.6) is 0 Å². The minimum absolute atomic E-state index is 0.0170. The average molecular weight is 278 g/mol. The zero-order valence-corrected chi connectivity index (χ0v) is 12.6. The van der Waals surface area contributed by atoms with Crippen molar-refractivity contribution in [3.05, 3.63) is 22.6 Å². The normalized spacial score (nSPS) is 16.3. The van der Waals surface area contributed by atoms with E-state index in [0.717, 1.165) is 50.7 Å². The molecule has 5 nitrogen and oxygen atoms in total. The van der Waals surface area contributed by atoms with E-state index >= 15 is 0 Å². The number of anilines is 1. The van der Waals surface area contributed by atoms with E-state index in [0.29, 0.717) is 0 Å². The second-order valence-electron chi connectivity index (χ2n) is 5.43. The number of rotatable bonds is 6. The molecule has 0 spiro atoms. The highest BCUT2D eigenvalue weighted by Gasteiger charge is 2.13. The fourth-order valence-corrected chi connectivity index (χ4v) is 2.83. The lowest BCUT2D eigenvalue weighted by Crippen LogP contribution is -2.30. The number of hydrogen-bond donors (Lipinski definition) is 1. The second-order valence-corrected chi connectivity index (χ2v) is 5.43. The molecule has 1 aliphatic rings. The van der Waals surface area contributed by atoms with Crippen LogP contribution in [0, 0.1) is 5.92 Å². The van der Waals surface area contributed by atoms with Gasteiger partial charge in [0.15, 0.2) is 0 Å². The molecule has 0 radical (unpaired) electrons. The Bertz CT molecular complexity index is 461. The quantitative estimate of drug-likeness (QED) is 0.856. The van der Waals surface area contributed by atoms with Crippen LogP contribution >= 0.6 is 0 Å². The summed E-state index contributed by atoms with van der Waals surface area (Å²) in [5.41, 5.74) is 0.946. The Morgan fingerprint density at radius 3 is 2.65 bits per heavy atom. The molecule has 0 unspecified atom stereocenters. The van der Waals surface area contributed by atoms with Gasteiger partial charge in [-0.1, -0.05) is 0 Å². The van der Waals surface area contributed by atoms with Crippen LogP contribution in [0.15, 0.2) is 17.1 Å². The molecule has 1 fully saturated rings. The van der Waals surface area contributed by atoms with E-state index in [1.54, 1.807) is 10.7 Å². The molecule has 0 amide bonds. The highest BCUT2D eigenvalue weighted by atomic mass is 16.1. The van der Waals surface area contributed by atoms with Crippen LogP contribution in [0.25, 0.3) is 0 Å². The van der Waals surface area contributed by atoms with Crippen LogP contribution in [0.4, 0.5) is 5.69 Å². The maximum Gasteiger partial charge on any atom is 0.268 e. The van der Waals surface area contributed by atoms with Crippen LogP contribution in [-0.2, 0) is 6.54 Å². The summed E-state index contributed by atoms with van der Waals surface area (Å²) in [6, 6.07) is 1.71. The van der Waals surface area contributed by atoms with Crippen molar-refractivity contribution in [1.29, 1.82) is 0 Å². The third kappa shape index (κ3) is 3.82. The van der Waals surface area contributed by atoms with E-state index in [1.807, 2.05) is 6.20 Å². The summed E-state index contributed by atoms with van der Waals surface area (Å²) in [4.78, 5) is 14.3. The molecule has 112 valence electrons. The van der Waals surface area contributed by atoms with Gasteiger partial charge in [-0.2, -0.15) is 5.10 Å². The van der Waals surface area contributed by atoms with Gasteiger partial charge in [-0.05, 0) is 52.1 Å². The van der Waals surface area contributed by atoms with Crippen LogP contribution < -0.4 is 15.8 Å². The number of aryl methyl sites for hydroxylation is 1. The van der Waals surface area contributed by atoms with Gasteiger partial charge >= 0.3 is 0 Å². The van der Waals surface area contributed by atoms with Crippen LogP contribution in [0.1, 0.15) is 33.1 Å². The molecule has 0 bridgehead atoms. The first-order valence-electron chi connectivity index (χ1n) is 7.77. The zero-order chi connectivity index (χ0) is 14.4. The van der Waals surface area contributed by atoms with Crippen LogP contribution in [0.3, 0.4) is 0 Å². The van der Waals surface area contributed by atoms with Crippen LogP contribution in [0.2, 0.25) is 0 Å². The van der Waals surface area contributed by atoms with Crippen molar-refractivity contribution in [2.75, 3.05) is 31.1 Å². The van der Waals surface area contributed by atoms with Gasteiger partial charge in [-0.15, -0.1) is 0 Å². The predicted molar refractivity (Wildman–Crippen MR) is 82.3 cm³/mol. The number of piperidine rings is 1. The third-order valence-electron chi connectivity index (χ3n) is 4.19. The molecule has 1 saturated heterocycles. The lowest BCUT2D eigenvalue weighted by atomic mass is 9.95. The number of aromatic nitrogens is 2. The molecular formula is C15H26N4O. The van der Waals surface area contributed by atoms with Gasteiger partial charge in [0.2, 0.25) is 0 Å². The van der Waals surface area contributed by atoms with Gasteiger partial charge < -0.3 is 10.2 Å². The van der Waals surface area contributed by atoms with Crippen LogP contribution in [-0.4, -0.2) is 36.0 Å². The fourth-order valence-electron chi connectivity index (χ4n) is 2.83. The predicted octanol–water partition coefficient (Wildman–Crippen LogP) is 1.48. The molecule has 2 heterocycles. The molecule has 1 aliphatic heterocycles. The Balaban J connectivity index is 1.97. The summed E-state index contributed by atoms with van der Waals surface area (Å²) in [5.74, 6) is 0.729. The van der Waals surface area contributed by atoms with Crippen molar-refractivity contribution < 1.29 is 0 Å². The van der Waals surface area contributed by atoms with Crippen molar-refractivity contribution >= 4 is 5.69 Å². The molecule has 2 rings (SSSR count). The SMILES string of the molecule is CCN(CC)c1cnn(CCC2CCNCC2)c(=O)c1. The van der Waals surface area contributed by atoms with E-state index < -0.39 is 0 Å². The first-order valence-corrected chi connectivity index (χ1v) is 7.77. The molecule has 20 heavy (non-hydrogen) atoms. The van der Waals surface area contributed by atoms with E-state index in [-0.39, 0.29) is 5.56 Å². The number of nitrogens with zero attached hydrogens (tertiary/aromatic N) is 3. The van der Waals surface area contributed by atoms with Gasteiger partial charge in [-0.3, -0.25) is 4.79 Å². The van der Waals surface area contributed by atoms with Crippen molar-refractivity contribution in [3.63, 3.8) is 0 Å². The molecule has 1 aromatic rings. The fraction of sp³-hybridized carbons (Fsp3) is 0.733. The topological polar surface area (TPSA) is 50.2 Å². The molecular weight excluding hydrogens is 252 g/mol. The highest BCUT2D eigenvalue weighted by Crippen LogP contribution is 2.16. The summed E-state index contributed by atoms with van der Waals surface area (Å²) in [6.45, 7) is 8.93. The Morgan fingerprint density at radius 1 is 1.35 bits per heavy atom. The summed E-state index contributed by atoms with van der Waals surface area (Å²) >= 11 is 0. The van der Waals surface area contributed by atoms with Gasteiger partial charge in [0.05, 0.1) is 11.9 Å². The Hall–Kier alpha value is -1.36. The lowest BCUT2D eigenvalue weighted by molar-refractivity contribution is 0.329. The molecule has 1 N–H and O–H groups in total. The summed E-state index contributed by atoms with van der Waals surface area (Å²) < 4.78 is 1.61. The molecule has 0 saturated carbocycles. The summed E-state index contributed by atoms with van der Waals surface area (Å²) in [5, 5.41) is 7.69. The Kier molecular flexibility index (Phi) is 5.59. The minimum Gasteiger partial charge on any atom is -0.371 e. The monoisotopic (exact) mass is 278 g/mol. The lowest BCUT2D eigenvalue weighted by Gasteiger charge is -2.23. The van der Waals surface area contributed by atoms with E-state index in [4.69, 9.17) is 0 Å². The Labute approximate surface area is 121 Å². The maximum atomic E-state index is 12.1.